The fraction of sp³-hybridized carbons (Fsp3) is 0.536. The molecule has 1 amide bonds. The summed E-state index contributed by atoms with van der Waals surface area (Å²) in [6.45, 7) is 2.27. The van der Waals surface area contributed by atoms with Crippen LogP contribution in [-0.4, -0.2) is 52.8 Å². The molecule has 1 saturated carbocycles. The molecule has 3 aliphatic heterocycles. The van der Waals surface area contributed by atoms with Gasteiger partial charge in [0.15, 0.2) is 0 Å². The Hall–Kier alpha value is -2.37. The van der Waals surface area contributed by atoms with Gasteiger partial charge in [0.1, 0.15) is 5.75 Å². The molecule has 0 unspecified atom stereocenters. The topological polar surface area (TPSA) is 61.8 Å². The van der Waals surface area contributed by atoms with Crippen molar-refractivity contribution in [2.75, 3.05) is 13.1 Å². The number of nitrogens with one attached hydrogen (secondary N) is 1. The molecule has 5 atom stereocenters. The molecule has 2 aromatic carbocycles. The largest absolute Gasteiger partial charge is 0.508 e. The molecule has 2 N–H and O–H groups in total. The number of fused-ring (bicyclic) bond motifs is 2. The molecule has 0 radical (unpaired) electrons. The van der Waals surface area contributed by atoms with Crippen molar-refractivity contribution in [2.24, 2.45) is 5.92 Å². The fourth-order valence-electron chi connectivity index (χ4n) is 7.72. The second kappa shape index (κ2) is 7.07. The van der Waals surface area contributed by atoms with E-state index in [1.807, 2.05) is 42.5 Å². The minimum atomic E-state index is -0.209. The first kappa shape index (κ1) is 20.0. The van der Waals surface area contributed by atoms with E-state index < -0.39 is 0 Å². The van der Waals surface area contributed by atoms with Crippen molar-refractivity contribution in [3.8, 4) is 5.75 Å². The number of hydrogen-bond donors (Lipinski definition) is 2. The lowest BCUT2D eigenvalue weighted by molar-refractivity contribution is -0.208. The Labute approximate surface area is 195 Å². The minimum absolute atomic E-state index is 0.0164. The molecule has 7 rings (SSSR count). The van der Waals surface area contributed by atoms with Crippen molar-refractivity contribution in [1.82, 2.24) is 10.2 Å². The Morgan fingerprint density at radius 2 is 1.97 bits per heavy atom. The highest BCUT2D eigenvalue weighted by Crippen LogP contribution is 2.63. The lowest BCUT2D eigenvalue weighted by Gasteiger charge is -2.65. The number of carbonyl (C=O) groups excluding carboxylic acids is 1. The average Bonchev–Trinajstić information content (AvgIpc) is 3.57. The summed E-state index contributed by atoms with van der Waals surface area (Å²) in [5.41, 5.74) is 2.95. The molecule has 4 fully saturated rings. The first-order valence-electron chi connectivity index (χ1n) is 12.7. The van der Waals surface area contributed by atoms with Crippen molar-refractivity contribution in [3.05, 3.63) is 65.2 Å². The van der Waals surface area contributed by atoms with Crippen LogP contribution in [0, 0.1) is 5.92 Å². The average molecular weight is 445 g/mol. The summed E-state index contributed by atoms with van der Waals surface area (Å²) in [6, 6.07) is 15.8. The van der Waals surface area contributed by atoms with E-state index in [4.69, 9.17) is 4.74 Å². The Morgan fingerprint density at radius 3 is 2.79 bits per heavy atom. The van der Waals surface area contributed by atoms with Gasteiger partial charge in [-0.2, -0.15) is 0 Å². The number of ether oxygens (including phenoxy) is 1. The maximum absolute atomic E-state index is 13.1. The molecule has 4 bridgehead atoms. The van der Waals surface area contributed by atoms with E-state index in [1.165, 1.54) is 30.5 Å². The molecule has 5 heteroatoms. The predicted molar refractivity (Wildman–Crippen MR) is 125 cm³/mol. The number of benzene rings is 2. The number of phenolic OH excluding ortho intramolecular Hbond substituents is 1. The normalized spacial score (nSPS) is 36.7. The van der Waals surface area contributed by atoms with Gasteiger partial charge in [0.2, 0.25) is 0 Å². The first-order valence-corrected chi connectivity index (χ1v) is 12.7. The van der Waals surface area contributed by atoms with Crippen LogP contribution in [0.3, 0.4) is 0 Å². The van der Waals surface area contributed by atoms with Gasteiger partial charge in [-0.25, -0.2) is 0 Å². The highest BCUT2D eigenvalue weighted by molar-refractivity contribution is 5.94. The lowest BCUT2D eigenvalue weighted by atomic mass is 9.51. The second-order valence-corrected chi connectivity index (χ2v) is 11.1. The number of likely N-dealkylation sites (tertiary alicyclic amines) is 1. The van der Waals surface area contributed by atoms with Crippen LogP contribution in [0.5, 0.6) is 5.75 Å². The minimum Gasteiger partial charge on any atom is -0.508 e. The number of phenols is 1. The maximum Gasteiger partial charge on any atom is 0.251 e. The van der Waals surface area contributed by atoms with Gasteiger partial charge < -0.3 is 15.2 Å². The van der Waals surface area contributed by atoms with Crippen molar-refractivity contribution in [3.63, 3.8) is 0 Å². The number of hydrogen-bond acceptors (Lipinski definition) is 4. The van der Waals surface area contributed by atoms with E-state index in [9.17, 15) is 9.90 Å². The van der Waals surface area contributed by atoms with Crippen molar-refractivity contribution >= 4 is 5.91 Å². The van der Waals surface area contributed by atoms with Crippen molar-refractivity contribution < 1.29 is 14.6 Å². The van der Waals surface area contributed by atoms with E-state index in [0.29, 0.717) is 17.4 Å². The molecule has 1 spiro atoms. The van der Waals surface area contributed by atoms with Crippen LogP contribution >= 0.6 is 0 Å². The smallest absolute Gasteiger partial charge is 0.251 e. The summed E-state index contributed by atoms with van der Waals surface area (Å²) < 4.78 is 7.09. The molecule has 5 aliphatic rings. The third-order valence-electron chi connectivity index (χ3n) is 9.36. The Kier molecular flexibility index (Phi) is 4.29. The monoisotopic (exact) mass is 444 g/mol. The number of piperidine rings is 1. The van der Waals surface area contributed by atoms with Crippen LogP contribution in [0.2, 0.25) is 0 Å². The Morgan fingerprint density at radius 1 is 1.12 bits per heavy atom. The van der Waals surface area contributed by atoms with Gasteiger partial charge in [-0.1, -0.05) is 24.3 Å². The SMILES string of the molecule is O=C(N[C@@H]1C[C@]23CCN(CC4CC4)[C@H](Cc4ccc(O)cc42)[C@]32CC[C@@H]1O2)c1ccccc1. The molecule has 3 heterocycles. The number of carbonyl (C=O) groups is 1. The van der Waals surface area contributed by atoms with E-state index in [2.05, 4.69) is 16.3 Å². The van der Waals surface area contributed by atoms with Crippen LogP contribution in [-0.2, 0) is 16.6 Å². The summed E-state index contributed by atoms with van der Waals surface area (Å²) in [4.78, 5) is 15.8. The molecule has 5 nitrogen and oxygen atoms in total. The van der Waals surface area contributed by atoms with Crippen LogP contribution < -0.4 is 5.32 Å². The molecular formula is C28H32N2O3. The standard InChI is InChI=1S/C28H32N2O3/c31-21-9-8-20-14-25-28-11-10-24(33-28)23(29-26(32)19-4-2-1-3-5-19)16-27(28,22(20)15-21)12-13-30(25)17-18-6-7-18/h1-5,8-9,15,18,23-25,31H,6-7,10-14,16-17H2,(H,29,32)/t23-,24+,25-,27-,28-/m1/s1. The number of amides is 1. The predicted octanol–water partition coefficient (Wildman–Crippen LogP) is 3.79. The van der Waals surface area contributed by atoms with Gasteiger partial charge in [-0.05, 0) is 92.8 Å². The van der Waals surface area contributed by atoms with Gasteiger partial charge in [-0.15, -0.1) is 0 Å². The molecular weight excluding hydrogens is 412 g/mol. The molecule has 33 heavy (non-hydrogen) atoms. The van der Waals surface area contributed by atoms with E-state index >= 15 is 0 Å². The zero-order valence-corrected chi connectivity index (χ0v) is 19.0. The quantitative estimate of drug-likeness (QED) is 0.753. The molecule has 2 aromatic rings. The van der Waals surface area contributed by atoms with Crippen LogP contribution in [0.25, 0.3) is 0 Å². The third-order valence-corrected chi connectivity index (χ3v) is 9.36. The van der Waals surface area contributed by atoms with E-state index in [-0.39, 0.29) is 29.1 Å². The Bertz CT molecular complexity index is 1100. The van der Waals surface area contributed by atoms with Gasteiger partial charge in [0.25, 0.3) is 5.91 Å². The van der Waals surface area contributed by atoms with Gasteiger partial charge in [-0.3, -0.25) is 9.69 Å². The highest BCUT2D eigenvalue weighted by atomic mass is 16.5. The summed E-state index contributed by atoms with van der Waals surface area (Å²) in [5.74, 6) is 1.17. The summed E-state index contributed by atoms with van der Waals surface area (Å²) >= 11 is 0. The number of nitrogens with zero attached hydrogens (tertiary/aromatic N) is 1. The molecule has 172 valence electrons. The Balaban J connectivity index is 1.28. The zero-order valence-electron chi connectivity index (χ0n) is 19.0. The summed E-state index contributed by atoms with van der Waals surface area (Å²) in [5, 5.41) is 13.8. The first-order chi connectivity index (χ1) is 16.1. The second-order valence-electron chi connectivity index (χ2n) is 11.1. The van der Waals surface area contributed by atoms with E-state index in [1.54, 1.807) is 0 Å². The van der Waals surface area contributed by atoms with Gasteiger partial charge in [0.05, 0.1) is 17.7 Å². The lowest BCUT2D eigenvalue weighted by Crippen LogP contribution is -2.74. The van der Waals surface area contributed by atoms with Crippen LogP contribution in [0.4, 0.5) is 0 Å². The summed E-state index contributed by atoms with van der Waals surface area (Å²) in [6.07, 6.45) is 7.73. The van der Waals surface area contributed by atoms with E-state index in [0.717, 1.165) is 44.6 Å². The molecule has 3 saturated heterocycles. The van der Waals surface area contributed by atoms with Gasteiger partial charge in [0, 0.05) is 23.6 Å². The molecule has 2 aliphatic carbocycles. The molecule has 0 aromatic heterocycles. The maximum atomic E-state index is 13.1. The summed E-state index contributed by atoms with van der Waals surface area (Å²) in [7, 11) is 0. The zero-order chi connectivity index (χ0) is 22.2. The van der Waals surface area contributed by atoms with Crippen molar-refractivity contribution in [1.29, 1.82) is 0 Å². The fourth-order valence-corrected chi connectivity index (χ4v) is 7.72. The van der Waals surface area contributed by atoms with Crippen LogP contribution in [0.15, 0.2) is 48.5 Å². The number of aromatic hydroxyl groups is 1. The van der Waals surface area contributed by atoms with Crippen molar-refractivity contribution in [2.45, 2.75) is 74.1 Å². The van der Waals surface area contributed by atoms with Crippen LogP contribution in [0.1, 0.15) is 60.0 Å². The number of rotatable bonds is 4. The van der Waals surface area contributed by atoms with Gasteiger partial charge >= 0.3 is 0 Å². The highest BCUT2D eigenvalue weighted by Gasteiger charge is 2.70. The third kappa shape index (κ3) is 2.88.